The molecule has 0 saturated carbocycles. The molecule has 0 aliphatic carbocycles. The number of amides is 1. The van der Waals surface area contributed by atoms with E-state index in [0.717, 1.165) is 0 Å². The van der Waals surface area contributed by atoms with Gasteiger partial charge in [-0.1, -0.05) is 17.0 Å². The smallest absolute Gasteiger partial charge is 0.287 e. The maximum Gasteiger partial charge on any atom is 0.287 e. The monoisotopic (exact) mass is 269 g/mol. The minimum atomic E-state index is -0.471. The first-order valence-electron chi connectivity index (χ1n) is 5.03. The highest BCUT2D eigenvalue weighted by Crippen LogP contribution is 2.15. The second-order valence-electron chi connectivity index (χ2n) is 3.28. The Hall–Kier alpha value is -1.94. The van der Waals surface area contributed by atoms with E-state index in [1.807, 2.05) is 5.43 Å². The van der Waals surface area contributed by atoms with Crippen LogP contribution in [-0.2, 0) is 6.54 Å². The lowest BCUT2D eigenvalue weighted by molar-refractivity contribution is 0.0948. The van der Waals surface area contributed by atoms with E-state index >= 15 is 0 Å². The number of aromatic nitrogens is 5. The molecule has 96 valence electrons. The van der Waals surface area contributed by atoms with E-state index in [9.17, 15) is 4.79 Å². The third-order valence-corrected chi connectivity index (χ3v) is 2.75. The SMILES string of the molecule is Cc1nnc(SCCn2cc(C(=O)NN)nn2)o1. The van der Waals surface area contributed by atoms with Gasteiger partial charge in [-0.3, -0.25) is 14.9 Å². The van der Waals surface area contributed by atoms with E-state index in [1.54, 1.807) is 11.6 Å². The second-order valence-corrected chi connectivity index (χ2v) is 4.32. The van der Waals surface area contributed by atoms with E-state index in [0.29, 0.717) is 23.4 Å². The molecule has 2 aromatic heterocycles. The molecule has 2 heterocycles. The van der Waals surface area contributed by atoms with Crippen molar-refractivity contribution in [2.24, 2.45) is 5.84 Å². The molecule has 0 saturated heterocycles. The summed E-state index contributed by atoms with van der Waals surface area (Å²) < 4.78 is 6.74. The van der Waals surface area contributed by atoms with E-state index in [2.05, 4.69) is 20.5 Å². The van der Waals surface area contributed by atoms with Gasteiger partial charge in [-0.2, -0.15) is 0 Å². The Morgan fingerprint density at radius 1 is 1.56 bits per heavy atom. The van der Waals surface area contributed by atoms with Gasteiger partial charge in [-0.05, 0) is 0 Å². The molecule has 1 amide bonds. The normalized spacial score (nSPS) is 10.6. The van der Waals surface area contributed by atoms with Crippen LogP contribution in [0.5, 0.6) is 0 Å². The molecule has 2 aromatic rings. The average Bonchev–Trinajstić information content (AvgIpc) is 2.98. The zero-order chi connectivity index (χ0) is 13.0. The number of rotatable bonds is 5. The quantitative estimate of drug-likeness (QED) is 0.318. The van der Waals surface area contributed by atoms with Gasteiger partial charge in [0.15, 0.2) is 5.69 Å². The predicted octanol–water partition coefficient (Wildman–Crippen LogP) is -0.635. The summed E-state index contributed by atoms with van der Waals surface area (Å²) in [6, 6.07) is 0. The zero-order valence-electron chi connectivity index (χ0n) is 9.53. The molecule has 0 unspecified atom stereocenters. The highest BCUT2D eigenvalue weighted by atomic mass is 32.2. The Labute approximate surface area is 106 Å². The second kappa shape index (κ2) is 5.60. The summed E-state index contributed by atoms with van der Waals surface area (Å²) in [6.45, 7) is 2.29. The highest BCUT2D eigenvalue weighted by molar-refractivity contribution is 7.99. The van der Waals surface area contributed by atoms with Gasteiger partial charge in [0.25, 0.3) is 11.1 Å². The summed E-state index contributed by atoms with van der Waals surface area (Å²) >= 11 is 1.41. The Morgan fingerprint density at radius 3 is 3.06 bits per heavy atom. The van der Waals surface area contributed by atoms with Crippen LogP contribution in [0.4, 0.5) is 0 Å². The Balaban J connectivity index is 1.83. The molecule has 0 radical (unpaired) electrons. The standard InChI is InChI=1S/C8H11N7O2S/c1-5-11-13-8(17-5)18-3-2-15-4-6(12-14-15)7(16)10-9/h4H,2-3,9H2,1H3,(H,10,16). The van der Waals surface area contributed by atoms with Crippen LogP contribution in [0, 0.1) is 6.92 Å². The number of nitrogens with one attached hydrogen (secondary N) is 1. The van der Waals surface area contributed by atoms with Gasteiger partial charge in [0, 0.05) is 12.7 Å². The molecule has 0 atom stereocenters. The molecule has 0 aliphatic rings. The van der Waals surface area contributed by atoms with Crippen LogP contribution in [0.15, 0.2) is 15.8 Å². The molecule has 0 bridgehead atoms. The molecular weight excluding hydrogens is 258 g/mol. The number of nitrogens with zero attached hydrogens (tertiary/aromatic N) is 5. The van der Waals surface area contributed by atoms with Crippen molar-refractivity contribution in [1.82, 2.24) is 30.6 Å². The highest BCUT2D eigenvalue weighted by Gasteiger charge is 2.09. The number of carbonyl (C=O) groups is 1. The molecule has 0 fully saturated rings. The third-order valence-electron chi connectivity index (χ3n) is 1.96. The number of aryl methyl sites for hydroxylation is 2. The van der Waals surface area contributed by atoms with Gasteiger partial charge in [-0.25, -0.2) is 5.84 Å². The van der Waals surface area contributed by atoms with Crippen molar-refractivity contribution in [3.05, 3.63) is 17.8 Å². The van der Waals surface area contributed by atoms with Gasteiger partial charge >= 0.3 is 0 Å². The van der Waals surface area contributed by atoms with Crippen molar-refractivity contribution in [3.8, 4) is 0 Å². The summed E-state index contributed by atoms with van der Waals surface area (Å²) in [5, 5.41) is 15.5. The topological polar surface area (TPSA) is 125 Å². The lowest BCUT2D eigenvalue weighted by Crippen LogP contribution is -2.30. The minimum absolute atomic E-state index is 0.177. The average molecular weight is 269 g/mol. The molecule has 0 aliphatic heterocycles. The molecule has 3 N–H and O–H groups in total. The van der Waals surface area contributed by atoms with Gasteiger partial charge in [0.05, 0.1) is 12.7 Å². The van der Waals surface area contributed by atoms with Crippen LogP contribution in [0.25, 0.3) is 0 Å². The van der Waals surface area contributed by atoms with Crippen LogP contribution in [-0.4, -0.2) is 36.9 Å². The minimum Gasteiger partial charge on any atom is -0.416 e. The zero-order valence-corrected chi connectivity index (χ0v) is 10.3. The van der Waals surface area contributed by atoms with Gasteiger partial charge in [0.2, 0.25) is 5.89 Å². The fraction of sp³-hybridized carbons (Fsp3) is 0.375. The van der Waals surface area contributed by atoms with Crippen LogP contribution in [0.1, 0.15) is 16.4 Å². The van der Waals surface area contributed by atoms with Gasteiger partial charge in [-0.15, -0.1) is 15.3 Å². The Kier molecular flexibility index (Phi) is 3.89. The largest absolute Gasteiger partial charge is 0.416 e. The molecule has 0 spiro atoms. The molecular formula is C8H11N7O2S. The molecule has 0 aromatic carbocycles. The molecule has 9 nitrogen and oxygen atoms in total. The molecule has 18 heavy (non-hydrogen) atoms. The summed E-state index contributed by atoms with van der Waals surface area (Å²) in [5.74, 6) is 5.72. The van der Waals surface area contributed by atoms with Crippen molar-refractivity contribution in [2.45, 2.75) is 18.7 Å². The van der Waals surface area contributed by atoms with Crippen LogP contribution >= 0.6 is 11.8 Å². The molecule has 2 rings (SSSR count). The maximum atomic E-state index is 11.1. The van der Waals surface area contributed by atoms with Crippen LogP contribution in [0.3, 0.4) is 0 Å². The van der Waals surface area contributed by atoms with Gasteiger partial charge in [0.1, 0.15) is 0 Å². The first kappa shape index (κ1) is 12.5. The maximum absolute atomic E-state index is 11.1. The number of thioether (sulfide) groups is 1. The first-order valence-corrected chi connectivity index (χ1v) is 6.01. The van der Waals surface area contributed by atoms with Crippen molar-refractivity contribution in [1.29, 1.82) is 0 Å². The number of nitrogen functional groups attached to an aromatic ring is 1. The lowest BCUT2D eigenvalue weighted by Gasteiger charge is -1.96. The van der Waals surface area contributed by atoms with Gasteiger partial charge < -0.3 is 4.42 Å². The Bertz CT molecular complexity index is 537. The first-order chi connectivity index (χ1) is 8.69. The van der Waals surface area contributed by atoms with Crippen molar-refractivity contribution in [3.63, 3.8) is 0 Å². The summed E-state index contributed by atoms with van der Waals surface area (Å²) in [6.07, 6.45) is 1.52. The number of hydrogen-bond acceptors (Lipinski definition) is 8. The van der Waals surface area contributed by atoms with Crippen molar-refractivity contribution in [2.75, 3.05) is 5.75 Å². The predicted molar refractivity (Wildman–Crippen MR) is 61.4 cm³/mol. The van der Waals surface area contributed by atoms with E-state index in [-0.39, 0.29) is 5.69 Å². The third kappa shape index (κ3) is 3.05. The summed E-state index contributed by atoms with van der Waals surface area (Å²) in [4.78, 5) is 11.1. The number of nitrogens with two attached hydrogens (primary N) is 1. The van der Waals surface area contributed by atoms with Crippen molar-refractivity contribution < 1.29 is 9.21 Å². The fourth-order valence-corrected chi connectivity index (χ4v) is 1.88. The fourth-order valence-electron chi connectivity index (χ4n) is 1.15. The lowest BCUT2D eigenvalue weighted by atomic mass is 10.5. The van der Waals surface area contributed by atoms with Crippen LogP contribution < -0.4 is 11.3 Å². The number of hydrogen-bond donors (Lipinski definition) is 2. The summed E-state index contributed by atoms with van der Waals surface area (Å²) in [5.41, 5.74) is 2.16. The van der Waals surface area contributed by atoms with Crippen molar-refractivity contribution >= 4 is 17.7 Å². The van der Waals surface area contributed by atoms with E-state index < -0.39 is 5.91 Å². The summed E-state index contributed by atoms with van der Waals surface area (Å²) in [7, 11) is 0. The van der Waals surface area contributed by atoms with E-state index in [4.69, 9.17) is 10.3 Å². The number of hydrazine groups is 1. The molecule has 10 heteroatoms. The van der Waals surface area contributed by atoms with E-state index in [1.165, 1.54) is 18.0 Å². The Morgan fingerprint density at radius 2 is 2.39 bits per heavy atom. The number of carbonyl (C=O) groups excluding carboxylic acids is 1. The van der Waals surface area contributed by atoms with Crippen LogP contribution in [0.2, 0.25) is 0 Å².